The first-order valence-electron chi connectivity index (χ1n) is 8.69. The number of aryl methyl sites for hydroxylation is 2. The van der Waals surface area contributed by atoms with Gasteiger partial charge in [0.1, 0.15) is 0 Å². The summed E-state index contributed by atoms with van der Waals surface area (Å²) in [5.41, 5.74) is 3.90. The summed E-state index contributed by atoms with van der Waals surface area (Å²) in [6, 6.07) is 11.3. The van der Waals surface area contributed by atoms with Gasteiger partial charge in [0.15, 0.2) is 0 Å². The maximum absolute atomic E-state index is 11.7. The maximum atomic E-state index is 11.7. The molecule has 1 aliphatic rings. The van der Waals surface area contributed by atoms with Gasteiger partial charge in [-0.05, 0) is 49.9 Å². The SMILES string of the molecule is Cc1cc([C@@H](C)NCc2ccc(CN3CCCC3=O)cc2)c(C)s1. The Labute approximate surface area is 148 Å². The van der Waals surface area contributed by atoms with Crippen LogP contribution in [-0.4, -0.2) is 17.4 Å². The molecule has 2 heterocycles. The lowest BCUT2D eigenvalue weighted by molar-refractivity contribution is -0.128. The summed E-state index contributed by atoms with van der Waals surface area (Å²) in [7, 11) is 0. The van der Waals surface area contributed by atoms with Crippen LogP contribution in [0.5, 0.6) is 0 Å². The predicted octanol–water partition coefficient (Wildman–Crippen LogP) is 4.34. The molecule has 0 spiro atoms. The van der Waals surface area contributed by atoms with Gasteiger partial charge in [0.2, 0.25) is 5.91 Å². The van der Waals surface area contributed by atoms with E-state index >= 15 is 0 Å². The van der Waals surface area contributed by atoms with Gasteiger partial charge in [-0.2, -0.15) is 0 Å². The minimum absolute atomic E-state index is 0.288. The van der Waals surface area contributed by atoms with Crippen LogP contribution in [-0.2, 0) is 17.9 Å². The molecule has 1 saturated heterocycles. The Kier molecular flexibility index (Phi) is 5.36. The van der Waals surface area contributed by atoms with Crippen LogP contribution in [0.3, 0.4) is 0 Å². The van der Waals surface area contributed by atoms with Crippen molar-refractivity contribution in [2.45, 2.75) is 52.7 Å². The zero-order valence-corrected chi connectivity index (χ0v) is 15.6. The van der Waals surface area contributed by atoms with Crippen molar-refractivity contribution in [3.8, 4) is 0 Å². The second kappa shape index (κ2) is 7.49. The summed E-state index contributed by atoms with van der Waals surface area (Å²) in [5.74, 6) is 0.288. The first-order chi connectivity index (χ1) is 11.5. The molecule has 128 valence electrons. The first kappa shape index (κ1) is 17.2. The molecule has 1 fully saturated rings. The van der Waals surface area contributed by atoms with Crippen LogP contribution in [0.1, 0.15) is 52.3 Å². The quantitative estimate of drug-likeness (QED) is 0.847. The van der Waals surface area contributed by atoms with E-state index in [2.05, 4.69) is 56.4 Å². The van der Waals surface area contributed by atoms with Crippen molar-refractivity contribution in [2.75, 3.05) is 6.54 Å². The van der Waals surface area contributed by atoms with Crippen LogP contribution in [0, 0.1) is 13.8 Å². The topological polar surface area (TPSA) is 32.3 Å². The van der Waals surface area contributed by atoms with Crippen molar-refractivity contribution in [3.63, 3.8) is 0 Å². The van der Waals surface area contributed by atoms with Crippen molar-refractivity contribution in [2.24, 2.45) is 0 Å². The number of rotatable bonds is 6. The van der Waals surface area contributed by atoms with Crippen molar-refractivity contribution in [1.29, 1.82) is 0 Å². The van der Waals surface area contributed by atoms with E-state index in [0.717, 1.165) is 26.1 Å². The van der Waals surface area contributed by atoms with Gasteiger partial charge < -0.3 is 10.2 Å². The van der Waals surface area contributed by atoms with Crippen LogP contribution in [0.2, 0.25) is 0 Å². The molecule has 0 aliphatic carbocycles. The van der Waals surface area contributed by atoms with E-state index in [1.807, 2.05) is 16.2 Å². The Morgan fingerprint density at radius 3 is 2.50 bits per heavy atom. The summed E-state index contributed by atoms with van der Waals surface area (Å²) >= 11 is 1.86. The zero-order chi connectivity index (χ0) is 17.1. The zero-order valence-electron chi connectivity index (χ0n) is 14.8. The second-order valence-corrected chi connectivity index (χ2v) is 8.17. The molecular formula is C20H26N2OS. The van der Waals surface area contributed by atoms with Crippen LogP contribution in [0.15, 0.2) is 30.3 Å². The van der Waals surface area contributed by atoms with Gasteiger partial charge in [-0.15, -0.1) is 11.3 Å². The van der Waals surface area contributed by atoms with Crippen molar-refractivity contribution in [1.82, 2.24) is 10.2 Å². The van der Waals surface area contributed by atoms with Gasteiger partial charge in [-0.25, -0.2) is 0 Å². The van der Waals surface area contributed by atoms with E-state index in [0.29, 0.717) is 12.5 Å². The standard InChI is InChI=1S/C20H26N2OS/c1-14-11-19(16(3)24-14)15(2)21-12-17-6-8-18(9-7-17)13-22-10-4-5-20(22)23/h6-9,11,15,21H,4-5,10,12-13H2,1-3H3/t15-/m1/s1. The normalized spacial score (nSPS) is 16.0. The number of thiophene rings is 1. The van der Waals surface area contributed by atoms with E-state index in [4.69, 9.17) is 0 Å². The van der Waals surface area contributed by atoms with E-state index in [1.54, 1.807) is 0 Å². The number of hydrogen-bond acceptors (Lipinski definition) is 3. The lowest BCUT2D eigenvalue weighted by atomic mass is 10.1. The molecule has 1 N–H and O–H groups in total. The van der Waals surface area contributed by atoms with Crippen LogP contribution >= 0.6 is 11.3 Å². The highest BCUT2D eigenvalue weighted by molar-refractivity contribution is 7.12. The molecule has 0 unspecified atom stereocenters. The molecule has 3 nitrogen and oxygen atoms in total. The Morgan fingerprint density at radius 1 is 1.21 bits per heavy atom. The van der Waals surface area contributed by atoms with Gasteiger partial charge in [0, 0.05) is 41.9 Å². The van der Waals surface area contributed by atoms with Crippen LogP contribution < -0.4 is 5.32 Å². The molecule has 24 heavy (non-hydrogen) atoms. The fraction of sp³-hybridized carbons (Fsp3) is 0.450. The molecule has 1 atom stereocenters. The predicted molar refractivity (Wildman–Crippen MR) is 100 cm³/mol. The monoisotopic (exact) mass is 342 g/mol. The van der Waals surface area contributed by atoms with Gasteiger partial charge in [0.25, 0.3) is 0 Å². The fourth-order valence-corrected chi connectivity index (χ4v) is 4.34. The van der Waals surface area contributed by atoms with Gasteiger partial charge >= 0.3 is 0 Å². The van der Waals surface area contributed by atoms with Crippen molar-refractivity contribution < 1.29 is 4.79 Å². The second-order valence-electron chi connectivity index (χ2n) is 6.71. The average molecular weight is 343 g/mol. The van der Waals surface area contributed by atoms with Gasteiger partial charge in [-0.3, -0.25) is 4.79 Å². The summed E-state index contributed by atoms with van der Waals surface area (Å²) in [5, 5.41) is 3.61. The Bertz CT molecular complexity index is 705. The molecule has 3 rings (SSSR count). The van der Waals surface area contributed by atoms with Crippen LogP contribution in [0.4, 0.5) is 0 Å². The number of nitrogens with one attached hydrogen (secondary N) is 1. The number of carbonyl (C=O) groups is 1. The summed E-state index contributed by atoms with van der Waals surface area (Å²) in [6.45, 7) is 9.09. The molecule has 1 amide bonds. The molecule has 1 aliphatic heterocycles. The molecule has 0 bridgehead atoms. The highest BCUT2D eigenvalue weighted by atomic mass is 32.1. The molecule has 2 aromatic rings. The third-order valence-corrected chi connectivity index (χ3v) is 5.71. The van der Waals surface area contributed by atoms with E-state index in [-0.39, 0.29) is 5.91 Å². The number of nitrogens with zero attached hydrogens (tertiary/aromatic N) is 1. The van der Waals surface area contributed by atoms with Crippen LogP contribution in [0.25, 0.3) is 0 Å². The minimum atomic E-state index is 0.288. The van der Waals surface area contributed by atoms with Gasteiger partial charge in [0.05, 0.1) is 0 Å². The van der Waals surface area contributed by atoms with Crippen molar-refractivity contribution in [3.05, 3.63) is 56.8 Å². The molecule has 1 aromatic heterocycles. The van der Waals surface area contributed by atoms with E-state index in [1.165, 1.54) is 26.4 Å². The first-order valence-corrected chi connectivity index (χ1v) is 9.50. The molecule has 4 heteroatoms. The Morgan fingerprint density at radius 2 is 1.92 bits per heavy atom. The number of benzene rings is 1. The number of hydrogen-bond donors (Lipinski definition) is 1. The maximum Gasteiger partial charge on any atom is 0.222 e. The third-order valence-electron chi connectivity index (χ3n) is 4.73. The Balaban J connectivity index is 1.54. The highest BCUT2D eigenvalue weighted by Crippen LogP contribution is 2.26. The summed E-state index contributed by atoms with van der Waals surface area (Å²) in [6.07, 6.45) is 1.71. The minimum Gasteiger partial charge on any atom is -0.338 e. The van der Waals surface area contributed by atoms with Crippen molar-refractivity contribution >= 4 is 17.2 Å². The lowest BCUT2D eigenvalue weighted by Gasteiger charge is -2.16. The third kappa shape index (κ3) is 4.05. The molecular weight excluding hydrogens is 316 g/mol. The van der Waals surface area contributed by atoms with E-state index < -0.39 is 0 Å². The highest BCUT2D eigenvalue weighted by Gasteiger charge is 2.19. The summed E-state index contributed by atoms with van der Waals surface area (Å²) in [4.78, 5) is 16.4. The smallest absolute Gasteiger partial charge is 0.222 e. The molecule has 0 saturated carbocycles. The molecule has 1 aromatic carbocycles. The van der Waals surface area contributed by atoms with E-state index in [9.17, 15) is 4.79 Å². The Hall–Kier alpha value is -1.65. The number of amides is 1. The number of carbonyl (C=O) groups excluding carboxylic acids is 1. The average Bonchev–Trinajstić information content (AvgIpc) is 3.11. The number of likely N-dealkylation sites (tertiary alicyclic amines) is 1. The lowest BCUT2D eigenvalue weighted by Crippen LogP contribution is -2.23. The largest absolute Gasteiger partial charge is 0.338 e. The van der Waals surface area contributed by atoms with Gasteiger partial charge in [-0.1, -0.05) is 24.3 Å². The molecule has 0 radical (unpaired) electrons. The fourth-order valence-electron chi connectivity index (χ4n) is 3.32. The summed E-state index contributed by atoms with van der Waals surface area (Å²) < 4.78 is 0.